The quantitative estimate of drug-likeness (QED) is 0.251. The van der Waals surface area contributed by atoms with Gasteiger partial charge in [-0.1, -0.05) is 48.2 Å². The molecule has 0 aliphatic heterocycles. The molecule has 4 aromatic rings. The van der Waals surface area contributed by atoms with Crippen molar-refractivity contribution in [3.05, 3.63) is 102 Å². The molecule has 0 saturated heterocycles. The molecule has 0 spiro atoms. The number of hydrogen-bond acceptors (Lipinski definition) is 4. The highest BCUT2D eigenvalue weighted by Crippen LogP contribution is 2.25. The topological polar surface area (TPSA) is 44.1 Å². The van der Waals surface area contributed by atoms with Gasteiger partial charge in [0.2, 0.25) is 0 Å². The second-order valence-electron chi connectivity index (χ2n) is 6.06. The molecule has 1 aromatic heterocycles. The van der Waals surface area contributed by atoms with Crippen LogP contribution in [0.1, 0.15) is 0 Å². The fourth-order valence-corrected chi connectivity index (χ4v) is 3.61. The summed E-state index contributed by atoms with van der Waals surface area (Å²) < 4.78 is 7.49. The number of fused-ring (bicyclic) bond motifs is 1. The summed E-state index contributed by atoms with van der Waals surface area (Å²) in [4.78, 5) is 17.8. The summed E-state index contributed by atoms with van der Waals surface area (Å²) in [5.41, 5.74) is 1.35. The average molecular weight is 386 g/mol. The minimum atomic E-state index is -0.0890. The van der Waals surface area contributed by atoms with Crippen molar-refractivity contribution in [3.8, 4) is 17.2 Å². The Morgan fingerprint density at radius 2 is 1.61 bits per heavy atom. The van der Waals surface area contributed by atoms with Gasteiger partial charge in [0.1, 0.15) is 11.5 Å². The lowest BCUT2D eigenvalue weighted by atomic mass is 10.2. The fourth-order valence-electron chi connectivity index (χ4n) is 2.86. The second kappa shape index (κ2) is 8.15. The molecule has 0 bridgehead atoms. The average Bonchev–Trinajstić information content (AvgIpc) is 2.74. The molecule has 0 atom stereocenters. The van der Waals surface area contributed by atoms with Crippen LogP contribution < -0.4 is 10.3 Å². The van der Waals surface area contributed by atoms with Crippen LogP contribution in [0.25, 0.3) is 16.6 Å². The first-order valence-electron chi connectivity index (χ1n) is 8.85. The van der Waals surface area contributed by atoms with Gasteiger partial charge in [-0.15, -0.1) is 6.58 Å². The van der Waals surface area contributed by atoms with Crippen LogP contribution >= 0.6 is 11.8 Å². The van der Waals surface area contributed by atoms with E-state index < -0.39 is 0 Å². The van der Waals surface area contributed by atoms with E-state index in [4.69, 9.17) is 4.74 Å². The SMILES string of the molecule is C=CCSc1nc2ccccc2c(=O)n1-c1ccc(Oc2ccccc2)cc1. The first kappa shape index (κ1) is 18.1. The number of aromatic nitrogens is 2. The zero-order valence-corrected chi connectivity index (χ0v) is 15.9. The highest BCUT2D eigenvalue weighted by atomic mass is 32.2. The number of benzene rings is 3. The van der Waals surface area contributed by atoms with Crippen LogP contribution in [0.3, 0.4) is 0 Å². The van der Waals surface area contributed by atoms with Gasteiger partial charge < -0.3 is 4.74 Å². The lowest BCUT2D eigenvalue weighted by Gasteiger charge is -2.13. The Morgan fingerprint density at radius 1 is 0.929 bits per heavy atom. The van der Waals surface area contributed by atoms with Gasteiger partial charge in [-0.05, 0) is 48.5 Å². The normalized spacial score (nSPS) is 10.7. The van der Waals surface area contributed by atoms with Crippen LogP contribution in [-0.4, -0.2) is 15.3 Å². The third-order valence-electron chi connectivity index (χ3n) is 4.15. The Morgan fingerprint density at radius 3 is 2.36 bits per heavy atom. The van der Waals surface area contributed by atoms with E-state index in [9.17, 15) is 4.79 Å². The molecule has 28 heavy (non-hydrogen) atoms. The standard InChI is InChI=1S/C23H18N2O2S/c1-2-16-28-23-24-21-11-7-6-10-20(21)22(26)25(23)17-12-14-19(15-13-17)27-18-8-4-3-5-9-18/h2-15H,1,16H2. The summed E-state index contributed by atoms with van der Waals surface area (Å²) in [6, 6.07) is 24.4. The zero-order chi connectivity index (χ0) is 19.3. The van der Waals surface area contributed by atoms with Gasteiger partial charge >= 0.3 is 0 Å². The first-order valence-corrected chi connectivity index (χ1v) is 9.83. The molecule has 4 nitrogen and oxygen atoms in total. The summed E-state index contributed by atoms with van der Waals surface area (Å²) in [6.45, 7) is 3.76. The Labute approximate surface area is 167 Å². The molecule has 4 rings (SSSR count). The number of nitrogens with zero attached hydrogens (tertiary/aromatic N) is 2. The van der Waals surface area contributed by atoms with Crippen LogP contribution in [0.4, 0.5) is 0 Å². The molecular weight excluding hydrogens is 368 g/mol. The monoisotopic (exact) mass is 386 g/mol. The Hall–Kier alpha value is -3.31. The molecule has 0 radical (unpaired) electrons. The fraction of sp³-hybridized carbons (Fsp3) is 0.0435. The molecule has 3 aromatic carbocycles. The van der Waals surface area contributed by atoms with Crippen molar-refractivity contribution in [2.75, 3.05) is 5.75 Å². The molecule has 0 unspecified atom stereocenters. The lowest BCUT2D eigenvalue weighted by Crippen LogP contribution is -2.21. The highest BCUT2D eigenvalue weighted by Gasteiger charge is 2.13. The summed E-state index contributed by atoms with van der Waals surface area (Å²) in [7, 11) is 0. The summed E-state index contributed by atoms with van der Waals surface area (Å²) >= 11 is 1.48. The van der Waals surface area contributed by atoms with Crippen molar-refractivity contribution in [3.63, 3.8) is 0 Å². The van der Waals surface area contributed by atoms with E-state index in [1.165, 1.54) is 11.8 Å². The molecule has 1 heterocycles. The second-order valence-corrected chi connectivity index (χ2v) is 7.05. The summed E-state index contributed by atoms with van der Waals surface area (Å²) in [5.74, 6) is 2.14. The zero-order valence-electron chi connectivity index (χ0n) is 15.1. The van der Waals surface area contributed by atoms with Crippen LogP contribution in [-0.2, 0) is 0 Å². The Bertz CT molecular complexity index is 1170. The van der Waals surface area contributed by atoms with Crippen molar-refractivity contribution in [2.24, 2.45) is 0 Å². The number of hydrogen-bond donors (Lipinski definition) is 0. The maximum absolute atomic E-state index is 13.1. The Balaban J connectivity index is 1.76. The van der Waals surface area contributed by atoms with Gasteiger partial charge in [0, 0.05) is 5.75 Å². The summed E-state index contributed by atoms with van der Waals surface area (Å²) in [5, 5.41) is 1.23. The third kappa shape index (κ3) is 3.70. The minimum absolute atomic E-state index is 0.0890. The van der Waals surface area contributed by atoms with E-state index in [0.717, 1.165) is 11.4 Å². The molecule has 0 amide bonds. The highest BCUT2D eigenvalue weighted by molar-refractivity contribution is 7.99. The van der Waals surface area contributed by atoms with Crippen LogP contribution in [0, 0.1) is 0 Å². The van der Waals surface area contributed by atoms with Crippen LogP contribution in [0.2, 0.25) is 0 Å². The van der Waals surface area contributed by atoms with E-state index in [-0.39, 0.29) is 5.56 Å². The van der Waals surface area contributed by atoms with Crippen molar-refractivity contribution in [1.29, 1.82) is 0 Å². The van der Waals surface area contributed by atoms with Crippen LogP contribution in [0.5, 0.6) is 11.5 Å². The molecular formula is C23H18N2O2S. The Kier molecular flexibility index (Phi) is 5.26. The molecule has 0 saturated carbocycles. The van der Waals surface area contributed by atoms with E-state index >= 15 is 0 Å². The van der Waals surface area contributed by atoms with E-state index in [1.807, 2.05) is 72.8 Å². The van der Waals surface area contributed by atoms with Crippen molar-refractivity contribution >= 4 is 22.7 Å². The van der Waals surface area contributed by atoms with E-state index in [2.05, 4.69) is 11.6 Å². The van der Waals surface area contributed by atoms with Gasteiger partial charge in [-0.25, -0.2) is 4.98 Å². The molecule has 138 valence electrons. The van der Waals surface area contributed by atoms with Crippen LogP contribution in [0.15, 0.2) is 101 Å². The van der Waals surface area contributed by atoms with Crippen molar-refractivity contribution in [1.82, 2.24) is 9.55 Å². The summed E-state index contributed by atoms with van der Waals surface area (Å²) in [6.07, 6.45) is 1.80. The largest absolute Gasteiger partial charge is 0.457 e. The minimum Gasteiger partial charge on any atom is -0.457 e. The molecule has 0 N–H and O–H groups in total. The molecule has 5 heteroatoms. The third-order valence-corrected chi connectivity index (χ3v) is 5.08. The van der Waals surface area contributed by atoms with Crippen molar-refractivity contribution < 1.29 is 4.74 Å². The van der Waals surface area contributed by atoms with E-state index in [0.29, 0.717) is 27.6 Å². The predicted octanol–water partition coefficient (Wildman–Crippen LogP) is 5.46. The number of ether oxygens (including phenoxy) is 1. The number of para-hydroxylation sites is 2. The van der Waals surface area contributed by atoms with E-state index in [1.54, 1.807) is 16.7 Å². The molecule has 0 aliphatic carbocycles. The lowest BCUT2D eigenvalue weighted by molar-refractivity contribution is 0.482. The van der Waals surface area contributed by atoms with Crippen molar-refractivity contribution in [2.45, 2.75) is 5.16 Å². The van der Waals surface area contributed by atoms with Gasteiger partial charge in [0.25, 0.3) is 5.56 Å². The molecule has 0 aliphatic rings. The molecule has 0 fully saturated rings. The van der Waals surface area contributed by atoms with Gasteiger partial charge in [0.15, 0.2) is 5.16 Å². The number of rotatable bonds is 6. The predicted molar refractivity (Wildman–Crippen MR) is 115 cm³/mol. The maximum Gasteiger partial charge on any atom is 0.266 e. The van der Waals surface area contributed by atoms with Gasteiger partial charge in [-0.3, -0.25) is 9.36 Å². The maximum atomic E-state index is 13.1. The smallest absolute Gasteiger partial charge is 0.266 e. The van der Waals surface area contributed by atoms with Gasteiger partial charge in [0.05, 0.1) is 16.6 Å². The number of thioether (sulfide) groups is 1. The van der Waals surface area contributed by atoms with Gasteiger partial charge in [-0.2, -0.15) is 0 Å². The first-order chi connectivity index (χ1) is 13.8.